The Kier molecular flexibility index (Phi) is 7.73. The van der Waals surface area contributed by atoms with Gasteiger partial charge in [-0.3, -0.25) is 0 Å². The quantitative estimate of drug-likeness (QED) is 0.624. The van der Waals surface area contributed by atoms with Crippen molar-refractivity contribution < 1.29 is 4.74 Å². The zero-order valence-electron chi connectivity index (χ0n) is 18.9. The first kappa shape index (κ1) is 22.6. The molecule has 4 nitrogen and oxygen atoms in total. The molecular formula is C25H35N3OS. The molecule has 0 atom stereocenters. The van der Waals surface area contributed by atoms with Crippen molar-refractivity contribution in [1.82, 2.24) is 9.80 Å². The Bertz CT molecular complexity index is 842. The van der Waals surface area contributed by atoms with Crippen molar-refractivity contribution >= 4 is 23.0 Å². The number of thiocarbonyl (C=S) groups is 1. The van der Waals surface area contributed by atoms with E-state index >= 15 is 0 Å². The number of ether oxygens (including phenoxy) is 1. The second-order valence-corrected chi connectivity index (χ2v) is 9.00. The molecule has 0 radical (unpaired) electrons. The molecule has 0 saturated carbocycles. The number of nitrogens with zero attached hydrogens (tertiary/aromatic N) is 2. The molecule has 3 rings (SSSR count). The van der Waals surface area contributed by atoms with Crippen molar-refractivity contribution in [1.29, 1.82) is 0 Å². The van der Waals surface area contributed by atoms with Gasteiger partial charge in [-0.1, -0.05) is 38.1 Å². The highest BCUT2D eigenvalue weighted by Crippen LogP contribution is 2.27. The summed E-state index contributed by atoms with van der Waals surface area (Å²) in [5, 5.41) is 4.39. The van der Waals surface area contributed by atoms with Gasteiger partial charge in [-0.2, -0.15) is 0 Å². The summed E-state index contributed by atoms with van der Waals surface area (Å²) in [5.74, 6) is 1.37. The van der Waals surface area contributed by atoms with Crippen molar-refractivity contribution in [2.75, 3.05) is 32.6 Å². The first-order chi connectivity index (χ1) is 14.4. The Balaban J connectivity index is 1.81. The summed E-state index contributed by atoms with van der Waals surface area (Å²) in [5.41, 5.74) is 5.00. The first-order valence-corrected chi connectivity index (χ1v) is 11.3. The Morgan fingerprint density at radius 2 is 1.83 bits per heavy atom. The minimum atomic E-state index is 0.442. The summed E-state index contributed by atoms with van der Waals surface area (Å²) in [6.07, 6.45) is 2.25. The maximum absolute atomic E-state index is 5.96. The van der Waals surface area contributed by atoms with Crippen LogP contribution >= 0.6 is 12.2 Å². The van der Waals surface area contributed by atoms with Gasteiger partial charge in [0.2, 0.25) is 0 Å². The van der Waals surface area contributed by atoms with E-state index in [0.717, 1.165) is 49.0 Å². The van der Waals surface area contributed by atoms with E-state index in [4.69, 9.17) is 17.0 Å². The maximum atomic E-state index is 5.96. The standard InChI is InChI=1S/C25H35N3OS/c1-18(2)23-7-6-8-24(19(23)3)26-25(30)28(21-13-15-27(4)16-14-21)17-20-9-11-22(29-5)12-10-20/h6-12,18,21H,13-17H2,1-5H3,(H,26,30). The van der Waals surface area contributed by atoms with Crippen LogP contribution in [-0.4, -0.2) is 48.2 Å². The van der Waals surface area contributed by atoms with Crippen molar-refractivity contribution in [2.45, 2.75) is 52.1 Å². The summed E-state index contributed by atoms with van der Waals surface area (Å²) in [6.45, 7) is 9.66. The smallest absolute Gasteiger partial charge is 0.173 e. The lowest BCUT2D eigenvalue weighted by Crippen LogP contribution is -2.47. The van der Waals surface area contributed by atoms with E-state index in [1.165, 1.54) is 16.7 Å². The van der Waals surface area contributed by atoms with Crippen LogP contribution in [-0.2, 0) is 6.54 Å². The van der Waals surface area contributed by atoms with Gasteiger partial charge in [-0.25, -0.2) is 0 Å². The Hall–Kier alpha value is -2.11. The van der Waals surface area contributed by atoms with Gasteiger partial charge < -0.3 is 19.9 Å². The normalized spacial score (nSPS) is 15.3. The molecule has 0 aromatic heterocycles. The molecule has 0 spiro atoms. The molecule has 1 saturated heterocycles. The van der Waals surface area contributed by atoms with Crippen LogP contribution in [0.1, 0.15) is 49.3 Å². The van der Waals surface area contributed by atoms with Gasteiger partial charge in [0.25, 0.3) is 0 Å². The number of benzene rings is 2. The van der Waals surface area contributed by atoms with Crippen molar-refractivity contribution in [2.24, 2.45) is 0 Å². The van der Waals surface area contributed by atoms with Gasteiger partial charge in [0.1, 0.15) is 5.75 Å². The number of hydrogen-bond donors (Lipinski definition) is 1. The highest BCUT2D eigenvalue weighted by atomic mass is 32.1. The average Bonchev–Trinajstić information content (AvgIpc) is 2.74. The van der Waals surface area contributed by atoms with Crippen molar-refractivity contribution in [3.8, 4) is 5.75 Å². The SMILES string of the molecule is COc1ccc(CN(C(=S)Nc2cccc(C(C)C)c2C)C2CCN(C)CC2)cc1. The Labute approximate surface area is 187 Å². The van der Waals surface area contributed by atoms with Crippen LogP contribution in [0.5, 0.6) is 5.75 Å². The molecule has 1 heterocycles. The first-order valence-electron chi connectivity index (χ1n) is 10.9. The fraction of sp³-hybridized carbons (Fsp3) is 0.480. The van der Waals surface area contributed by atoms with E-state index in [1.54, 1.807) is 7.11 Å². The van der Waals surface area contributed by atoms with E-state index in [0.29, 0.717) is 12.0 Å². The van der Waals surface area contributed by atoms with Crippen LogP contribution < -0.4 is 10.1 Å². The zero-order chi connectivity index (χ0) is 21.7. The van der Waals surface area contributed by atoms with Crippen LogP contribution in [0.3, 0.4) is 0 Å². The van der Waals surface area contributed by atoms with Crippen LogP contribution in [0.2, 0.25) is 0 Å². The number of rotatable bonds is 6. The molecule has 162 valence electrons. The minimum Gasteiger partial charge on any atom is -0.497 e. The summed E-state index contributed by atoms with van der Waals surface area (Å²) < 4.78 is 5.32. The van der Waals surface area contributed by atoms with E-state index in [2.05, 4.69) is 73.3 Å². The molecule has 1 fully saturated rings. The highest BCUT2D eigenvalue weighted by molar-refractivity contribution is 7.80. The Morgan fingerprint density at radius 3 is 2.43 bits per heavy atom. The van der Waals surface area contributed by atoms with Gasteiger partial charge in [0, 0.05) is 18.3 Å². The van der Waals surface area contributed by atoms with Crippen LogP contribution in [0.15, 0.2) is 42.5 Å². The minimum absolute atomic E-state index is 0.442. The molecule has 0 amide bonds. The maximum Gasteiger partial charge on any atom is 0.173 e. The van der Waals surface area contributed by atoms with Crippen molar-refractivity contribution in [3.63, 3.8) is 0 Å². The predicted octanol–water partition coefficient (Wildman–Crippen LogP) is 5.42. The largest absolute Gasteiger partial charge is 0.497 e. The van der Waals surface area contributed by atoms with Gasteiger partial charge in [-0.05, 0) is 92.9 Å². The second-order valence-electron chi connectivity index (χ2n) is 8.62. The lowest BCUT2D eigenvalue weighted by Gasteiger charge is -2.39. The molecule has 2 aromatic carbocycles. The van der Waals surface area contributed by atoms with E-state index in [1.807, 2.05) is 12.1 Å². The third-order valence-electron chi connectivity index (χ3n) is 6.14. The van der Waals surface area contributed by atoms with E-state index < -0.39 is 0 Å². The summed E-state index contributed by atoms with van der Waals surface area (Å²) in [4.78, 5) is 4.78. The number of anilines is 1. The summed E-state index contributed by atoms with van der Waals surface area (Å²) in [7, 11) is 3.90. The van der Waals surface area contributed by atoms with Crippen LogP contribution in [0.4, 0.5) is 5.69 Å². The second kappa shape index (κ2) is 10.3. The molecule has 1 N–H and O–H groups in total. The lowest BCUT2D eigenvalue weighted by molar-refractivity contribution is 0.173. The summed E-state index contributed by atoms with van der Waals surface area (Å²) >= 11 is 5.96. The monoisotopic (exact) mass is 425 g/mol. The summed E-state index contributed by atoms with van der Waals surface area (Å²) in [6, 6.07) is 15.2. The van der Waals surface area contributed by atoms with Crippen LogP contribution in [0, 0.1) is 6.92 Å². The molecule has 5 heteroatoms. The average molecular weight is 426 g/mol. The number of piperidine rings is 1. The highest BCUT2D eigenvalue weighted by Gasteiger charge is 2.25. The lowest BCUT2D eigenvalue weighted by atomic mass is 9.97. The molecule has 0 bridgehead atoms. The fourth-order valence-corrected chi connectivity index (χ4v) is 4.53. The molecule has 0 aliphatic carbocycles. The van der Waals surface area contributed by atoms with Gasteiger partial charge in [0.15, 0.2) is 5.11 Å². The van der Waals surface area contributed by atoms with Gasteiger partial charge >= 0.3 is 0 Å². The van der Waals surface area contributed by atoms with Gasteiger partial charge in [0.05, 0.1) is 7.11 Å². The third-order valence-corrected chi connectivity index (χ3v) is 6.48. The molecule has 0 unspecified atom stereocenters. The number of nitrogens with one attached hydrogen (secondary N) is 1. The third kappa shape index (κ3) is 5.52. The van der Waals surface area contributed by atoms with Gasteiger partial charge in [-0.15, -0.1) is 0 Å². The molecule has 1 aliphatic heterocycles. The molecular weight excluding hydrogens is 390 g/mol. The van der Waals surface area contributed by atoms with Crippen LogP contribution in [0.25, 0.3) is 0 Å². The van der Waals surface area contributed by atoms with E-state index in [-0.39, 0.29) is 0 Å². The topological polar surface area (TPSA) is 27.7 Å². The number of likely N-dealkylation sites (tertiary alicyclic amines) is 1. The molecule has 1 aliphatic rings. The van der Waals surface area contributed by atoms with E-state index in [9.17, 15) is 0 Å². The zero-order valence-corrected chi connectivity index (χ0v) is 19.8. The molecule has 30 heavy (non-hydrogen) atoms. The number of hydrogen-bond acceptors (Lipinski definition) is 3. The van der Waals surface area contributed by atoms with Crippen molar-refractivity contribution in [3.05, 3.63) is 59.2 Å². The molecule has 2 aromatic rings. The fourth-order valence-electron chi connectivity index (χ4n) is 4.20. The predicted molar refractivity (Wildman–Crippen MR) is 131 cm³/mol. The number of methoxy groups -OCH3 is 1. The Morgan fingerprint density at radius 1 is 1.17 bits per heavy atom.